The Hall–Kier alpha value is -2.95. The molecule has 0 aliphatic carbocycles. The van der Waals surface area contributed by atoms with Gasteiger partial charge in [0, 0.05) is 24.2 Å². The highest BCUT2D eigenvalue weighted by molar-refractivity contribution is 6.03. The van der Waals surface area contributed by atoms with Crippen LogP contribution in [-0.4, -0.2) is 22.8 Å². The van der Waals surface area contributed by atoms with Crippen LogP contribution in [0.1, 0.15) is 15.9 Å². The summed E-state index contributed by atoms with van der Waals surface area (Å²) in [5.74, 6) is 0.574. The van der Waals surface area contributed by atoms with E-state index in [4.69, 9.17) is 9.47 Å². The monoisotopic (exact) mass is 311 g/mol. The standard InChI is InChI=1S/C18H17NO4/c1-19-10-12(11-23-14-8-6-13(22-2)7-9-14)15-4-3-5-16(17(15)19)18(20)21/h3-10H,11H2,1-2H3,(H,20,21). The van der Waals surface area contributed by atoms with E-state index in [9.17, 15) is 9.90 Å². The van der Waals surface area contributed by atoms with E-state index >= 15 is 0 Å². The van der Waals surface area contributed by atoms with E-state index in [0.717, 1.165) is 22.4 Å². The van der Waals surface area contributed by atoms with Crippen LogP contribution < -0.4 is 9.47 Å². The summed E-state index contributed by atoms with van der Waals surface area (Å²) in [4.78, 5) is 11.4. The molecule has 1 aromatic heterocycles. The Morgan fingerprint density at radius 1 is 1.13 bits per heavy atom. The number of hydrogen-bond donors (Lipinski definition) is 1. The minimum absolute atomic E-state index is 0.292. The van der Waals surface area contributed by atoms with Gasteiger partial charge in [-0.25, -0.2) is 4.79 Å². The number of aromatic carboxylic acids is 1. The summed E-state index contributed by atoms with van der Waals surface area (Å²) in [5.41, 5.74) is 1.94. The average molecular weight is 311 g/mol. The maximum absolute atomic E-state index is 11.4. The number of aromatic nitrogens is 1. The molecule has 0 fully saturated rings. The van der Waals surface area contributed by atoms with Crippen molar-refractivity contribution in [1.29, 1.82) is 0 Å². The molecule has 0 bridgehead atoms. The second-order valence-electron chi connectivity index (χ2n) is 5.24. The molecule has 2 aromatic carbocycles. The van der Waals surface area contributed by atoms with Gasteiger partial charge in [0.15, 0.2) is 0 Å². The highest BCUT2D eigenvalue weighted by Gasteiger charge is 2.14. The fourth-order valence-electron chi connectivity index (χ4n) is 2.67. The molecule has 5 heteroatoms. The third-order valence-electron chi connectivity index (χ3n) is 3.77. The van der Waals surface area contributed by atoms with E-state index in [-0.39, 0.29) is 0 Å². The number of carboxylic acids is 1. The van der Waals surface area contributed by atoms with Gasteiger partial charge in [-0.15, -0.1) is 0 Å². The maximum Gasteiger partial charge on any atom is 0.337 e. The number of ether oxygens (including phenoxy) is 2. The second-order valence-corrected chi connectivity index (χ2v) is 5.24. The minimum Gasteiger partial charge on any atom is -0.497 e. The Bertz CT molecular complexity index is 849. The topological polar surface area (TPSA) is 60.7 Å². The van der Waals surface area contributed by atoms with Crippen LogP contribution in [0.3, 0.4) is 0 Å². The zero-order chi connectivity index (χ0) is 16.4. The number of hydrogen-bond acceptors (Lipinski definition) is 3. The summed E-state index contributed by atoms with van der Waals surface area (Å²) >= 11 is 0. The Morgan fingerprint density at radius 3 is 2.48 bits per heavy atom. The number of fused-ring (bicyclic) bond motifs is 1. The molecule has 118 valence electrons. The van der Waals surface area contributed by atoms with Crippen molar-refractivity contribution in [3.63, 3.8) is 0 Å². The fourth-order valence-corrected chi connectivity index (χ4v) is 2.67. The van der Waals surface area contributed by atoms with Crippen molar-refractivity contribution >= 4 is 16.9 Å². The lowest BCUT2D eigenvalue weighted by molar-refractivity contribution is 0.0698. The van der Waals surface area contributed by atoms with E-state index in [2.05, 4.69) is 0 Å². The molecule has 3 aromatic rings. The predicted octanol–water partition coefficient (Wildman–Crippen LogP) is 3.46. The first-order valence-electron chi connectivity index (χ1n) is 7.17. The molecule has 3 rings (SSSR count). The smallest absolute Gasteiger partial charge is 0.337 e. The Morgan fingerprint density at radius 2 is 1.83 bits per heavy atom. The largest absolute Gasteiger partial charge is 0.497 e. The number of nitrogens with zero attached hydrogens (tertiary/aromatic N) is 1. The molecule has 0 saturated heterocycles. The fraction of sp³-hybridized carbons (Fsp3) is 0.167. The molecule has 0 spiro atoms. The molecule has 0 atom stereocenters. The van der Waals surface area contributed by atoms with Gasteiger partial charge in [-0.1, -0.05) is 12.1 Å². The Balaban J connectivity index is 1.88. The van der Waals surface area contributed by atoms with Crippen LogP contribution in [0.2, 0.25) is 0 Å². The molecule has 0 amide bonds. The van der Waals surface area contributed by atoms with Crippen molar-refractivity contribution in [1.82, 2.24) is 4.57 Å². The van der Waals surface area contributed by atoms with E-state index < -0.39 is 5.97 Å². The second kappa shape index (κ2) is 6.04. The highest BCUT2D eigenvalue weighted by Crippen LogP contribution is 2.26. The molecule has 0 radical (unpaired) electrons. The number of carboxylic acid groups (broad SMARTS) is 1. The third-order valence-corrected chi connectivity index (χ3v) is 3.77. The maximum atomic E-state index is 11.4. The van der Waals surface area contributed by atoms with Crippen LogP contribution in [0.15, 0.2) is 48.7 Å². The number of para-hydroxylation sites is 1. The van der Waals surface area contributed by atoms with Gasteiger partial charge in [-0.3, -0.25) is 0 Å². The molecule has 0 unspecified atom stereocenters. The van der Waals surface area contributed by atoms with Crippen molar-refractivity contribution in [2.75, 3.05) is 7.11 Å². The van der Waals surface area contributed by atoms with E-state index in [1.54, 1.807) is 19.2 Å². The lowest BCUT2D eigenvalue weighted by Crippen LogP contribution is -1.99. The Kier molecular flexibility index (Phi) is 3.93. The molecule has 0 aliphatic rings. The number of aryl methyl sites for hydroxylation is 1. The highest BCUT2D eigenvalue weighted by atomic mass is 16.5. The predicted molar refractivity (Wildman–Crippen MR) is 87.2 cm³/mol. The van der Waals surface area contributed by atoms with E-state index in [1.165, 1.54) is 0 Å². The van der Waals surface area contributed by atoms with Gasteiger partial charge in [-0.2, -0.15) is 0 Å². The summed E-state index contributed by atoms with van der Waals surface area (Å²) < 4.78 is 12.7. The molecule has 23 heavy (non-hydrogen) atoms. The van der Waals surface area contributed by atoms with Gasteiger partial charge in [0.05, 0.1) is 18.2 Å². The first kappa shape index (κ1) is 15.0. The Labute approximate surface area is 133 Å². The van der Waals surface area contributed by atoms with Crippen LogP contribution >= 0.6 is 0 Å². The van der Waals surface area contributed by atoms with E-state index in [0.29, 0.717) is 17.7 Å². The summed E-state index contributed by atoms with van der Waals surface area (Å²) in [6.45, 7) is 0.368. The van der Waals surface area contributed by atoms with Crippen LogP contribution in [0.5, 0.6) is 11.5 Å². The molecular formula is C18H17NO4. The van der Waals surface area contributed by atoms with Gasteiger partial charge in [0.2, 0.25) is 0 Å². The number of methoxy groups -OCH3 is 1. The number of rotatable bonds is 5. The lowest BCUT2D eigenvalue weighted by atomic mass is 10.1. The molecule has 5 nitrogen and oxygen atoms in total. The minimum atomic E-state index is -0.931. The van der Waals surface area contributed by atoms with Crippen LogP contribution in [0.4, 0.5) is 0 Å². The first-order valence-corrected chi connectivity index (χ1v) is 7.17. The van der Waals surface area contributed by atoms with Crippen LogP contribution in [0.25, 0.3) is 10.9 Å². The van der Waals surface area contributed by atoms with Gasteiger partial charge in [-0.05, 0) is 30.3 Å². The summed E-state index contributed by atoms with van der Waals surface area (Å²) in [6.07, 6.45) is 1.90. The van der Waals surface area contributed by atoms with Crippen molar-refractivity contribution in [2.45, 2.75) is 6.61 Å². The summed E-state index contributed by atoms with van der Waals surface area (Å²) in [6, 6.07) is 12.6. The van der Waals surface area contributed by atoms with Crippen molar-refractivity contribution in [2.24, 2.45) is 7.05 Å². The van der Waals surface area contributed by atoms with Gasteiger partial charge >= 0.3 is 5.97 Å². The van der Waals surface area contributed by atoms with Gasteiger partial charge in [0.1, 0.15) is 18.1 Å². The van der Waals surface area contributed by atoms with Crippen molar-refractivity contribution in [3.8, 4) is 11.5 Å². The van der Waals surface area contributed by atoms with E-state index in [1.807, 2.05) is 48.1 Å². The summed E-state index contributed by atoms with van der Waals surface area (Å²) in [7, 11) is 3.46. The average Bonchev–Trinajstić information content (AvgIpc) is 2.89. The molecule has 0 aliphatic heterocycles. The molecule has 1 N–H and O–H groups in total. The quantitative estimate of drug-likeness (QED) is 0.784. The third kappa shape index (κ3) is 2.85. The molecule has 1 heterocycles. The van der Waals surface area contributed by atoms with Crippen LogP contribution in [-0.2, 0) is 13.7 Å². The first-order chi connectivity index (χ1) is 11.1. The summed E-state index contributed by atoms with van der Waals surface area (Å²) in [5, 5.41) is 10.2. The molecule has 0 saturated carbocycles. The number of carbonyl (C=O) groups is 1. The normalized spacial score (nSPS) is 10.7. The van der Waals surface area contributed by atoms with Gasteiger partial charge in [0.25, 0.3) is 0 Å². The lowest BCUT2D eigenvalue weighted by Gasteiger charge is -2.06. The number of benzene rings is 2. The zero-order valence-electron chi connectivity index (χ0n) is 12.9. The van der Waals surface area contributed by atoms with Crippen molar-refractivity contribution in [3.05, 3.63) is 59.8 Å². The zero-order valence-corrected chi connectivity index (χ0v) is 12.9. The van der Waals surface area contributed by atoms with Gasteiger partial charge < -0.3 is 19.1 Å². The van der Waals surface area contributed by atoms with Crippen molar-refractivity contribution < 1.29 is 19.4 Å². The molecular weight excluding hydrogens is 294 g/mol. The SMILES string of the molecule is COc1ccc(OCc2cn(C)c3c(C(=O)O)cccc23)cc1. The van der Waals surface area contributed by atoms with Crippen LogP contribution in [0, 0.1) is 0 Å².